The Morgan fingerprint density at radius 1 is 1.77 bits per heavy atom. The maximum Gasteiger partial charge on any atom is 0.356 e. The van der Waals surface area contributed by atoms with E-state index in [0.29, 0.717) is 11.4 Å². The molecule has 5 nitrogen and oxygen atoms in total. The van der Waals surface area contributed by atoms with Gasteiger partial charge in [0.2, 0.25) is 0 Å². The van der Waals surface area contributed by atoms with Crippen LogP contribution < -0.4 is 5.73 Å². The molecule has 0 aliphatic rings. The maximum atomic E-state index is 10.7. The summed E-state index contributed by atoms with van der Waals surface area (Å²) in [4.78, 5) is 10.7. The largest absolute Gasteiger partial charge is 0.476 e. The molecule has 0 aliphatic carbocycles. The summed E-state index contributed by atoms with van der Waals surface area (Å²) < 4.78 is 0. The second-order valence-electron chi connectivity index (χ2n) is 3.01. The van der Waals surface area contributed by atoms with Gasteiger partial charge in [0, 0.05) is 5.56 Å². The SMILES string of the molecule is CCC(C)c1c(C(=O)O)n[nH]c1N. The highest BCUT2D eigenvalue weighted by Gasteiger charge is 2.20. The number of hydrogen-bond donors (Lipinski definition) is 3. The molecule has 13 heavy (non-hydrogen) atoms. The molecule has 1 heterocycles. The van der Waals surface area contributed by atoms with Crippen molar-refractivity contribution >= 4 is 11.8 Å². The number of aromatic nitrogens is 2. The first-order chi connectivity index (χ1) is 6.07. The van der Waals surface area contributed by atoms with Crippen LogP contribution in [0.15, 0.2) is 0 Å². The molecule has 0 fully saturated rings. The van der Waals surface area contributed by atoms with Gasteiger partial charge in [0.1, 0.15) is 5.82 Å². The minimum absolute atomic E-state index is 0.0341. The Hall–Kier alpha value is -1.52. The molecule has 0 aromatic carbocycles. The minimum Gasteiger partial charge on any atom is -0.476 e. The number of nitrogens with zero attached hydrogens (tertiary/aromatic N) is 1. The zero-order valence-electron chi connectivity index (χ0n) is 7.66. The van der Waals surface area contributed by atoms with Gasteiger partial charge in [0.25, 0.3) is 0 Å². The summed E-state index contributed by atoms with van der Waals surface area (Å²) >= 11 is 0. The van der Waals surface area contributed by atoms with Crippen molar-refractivity contribution in [3.05, 3.63) is 11.3 Å². The molecule has 1 rings (SSSR count). The Morgan fingerprint density at radius 2 is 2.38 bits per heavy atom. The van der Waals surface area contributed by atoms with Crippen LogP contribution in [0.4, 0.5) is 5.82 Å². The molecule has 0 aliphatic heterocycles. The van der Waals surface area contributed by atoms with Gasteiger partial charge in [0.15, 0.2) is 5.69 Å². The van der Waals surface area contributed by atoms with E-state index in [1.54, 1.807) is 0 Å². The summed E-state index contributed by atoms with van der Waals surface area (Å²) in [7, 11) is 0. The molecule has 1 aromatic rings. The van der Waals surface area contributed by atoms with Crippen molar-refractivity contribution in [3.63, 3.8) is 0 Å². The van der Waals surface area contributed by atoms with Gasteiger partial charge in [-0.15, -0.1) is 0 Å². The van der Waals surface area contributed by atoms with Gasteiger partial charge in [-0.3, -0.25) is 5.10 Å². The van der Waals surface area contributed by atoms with Crippen molar-refractivity contribution in [3.8, 4) is 0 Å². The van der Waals surface area contributed by atoms with Gasteiger partial charge < -0.3 is 10.8 Å². The van der Waals surface area contributed by atoms with Crippen LogP contribution in [0.25, 0.3) is 0 Å². The normalized spacial score (nSPS) is 12.8. The molecule has 5 heteroatoms. The highest BCUT2D eigenvalue weighted by Crippen LogP contribution is 2.26. The van der Waals surface area contributed by atoms with Crippen LogP contribution in [0.3, 0.4) is 0 Å². The topological polar surface area (TPSA) is 92.0 Å². The first kappa shape index (κ1) is 9.57. The third-order valence-electron chi connectivity index (χ3n) is 2.14. The van der Waals surface area contributed by atoms with E-state index in [4.69, 9.17) is 10.8 Å². The summed E-state index contributed by atoms with van der Waals surface area (Å²) in [6.07, 6.45) is 0.837. The number of aromatic amines is 1. The van der Waals surface area contributed by atoms with Gasteiger partial charge in [-0.1, -0.05) is 13.8 Å². The van der Waals surface area contributed by atoms with E-state index in [9.17, 15) is 4.79 Å². The third-order valence-corrected chi connectivity index (χ3v) is 2.14. The Balaban J connectivity index is 3.15. The molecule has 0 radical (unpaired) electrons. The molecule has 4 N–H and O–H groups in total. The Labute approximate surface area is 75.9 Å². The Kier molecular flexibility index (Phi) is 2.55. The summed E-state index contributed by atoms with van der Waals surface area (Å²) in [6, 6.07) is 0. The third kappa shape index (κ3) is 1.63. The van der Waals surface area contributed by atoms with Gasteiger partial charge in [0.05, 0.1) is 0 Å². The highest BCUT2D eigenvalue weighted by molar-refractivity contribution is 5.88. The lowest BCUT2D eigenvalue weighted by Crippen LogP contribution is -2.05. The number of carboxylic acids is 1. The van der Waals surface area contributed by atoms with E-state index in [1.807, 2.05) is 13.8 Å². The van der Waals surface area contributed by atoms with Gasteiger partial charge in [-0.2, -0.15) is 5.10 Å². The zero-order chi connectivity index (χ0) is 10.0. The number of nitrogens with two attached hydrogens (primary N) is 1. The summed E-state index contributed by atoms with van der Waals surface area (Å²) in [5.74, 6) is -0.570. The van der Waals surface area contributed by atoms with Crippen LogP contribution >= 0.6 is 0 Å². The van der Waals surface area contributed by atoms with Crippen molar-refractivity contribution in [1.82, 2.24) is 10.2 Å². The highest BCUT2D eigenvalue weighted by atomic mass is 16.4. The number of nitrogen functional groups attached to an aromatic ring is 1. The van der Waals surface area contributed by atoms with Crippen molar-refractivity contribution < 1.29 is 9.90 Å². The predicted octanol–water partition coefficient (Wildman–Crippen LogP) is 1.20. The van der Waals surface area contributed by atoms with Crippen LogP contribution in [0.1, 0.15) is 42.2 Å². The molecule has 0 spiro atoms. The quantitative estimate of drug-likeness (QED) is 0.656. The molecule has 0 amide bonds. The molecule has 1 aromatic heterocycles. The lowest BCUT2D eigenvalue weighted by atomic mass is 9.98. The van der Waals surface area contributed by atoms with E-state index >= 15 is 0 Å². The zero-order valence-corrected chi connectivity index (χ0v) is 7.66. The smallest absolute Gasteiger partial charge is 0.356 e. The fraction of sp³-hybridized carbons (Fsp3) is 0.500. The van der Waals surface area contributed by atoms with Crippen LogP contribution in [-0.2, 0) is 0 Å². The van der Waals surface area contributed by atoms with Crippen LogP contribution in [0.5, 0.6) is 0 Å². The number of carbonyl (C=O) groups is 1. The lowest BCUT2D eigenvalue weighted by Gasteiger charge is -2.07. The second-order valence-corrected chi connectivity index (χ2v) is 3.01. The fourth-order valence-corrected chi connectivity index (χ4v) is 1.23. The standard InChI is InChI=1S/C8H13N3O2/c1-3-4(2)5-6(8(12)13)10-11-7(5)9/h4H,3H2,1-2H3,(H,12,13)(H3,9,10,11). The number of anilines is 1. The van der Waals surface area contributed by atoms with Gasteiger partial charge >= 0.3 is 5.97 Å². The van der Waals surface area contributed by atoms with E-state index in [1.165, 1.54) is 0 Å². The first-order valence-electron chi connectivity index (χ1n) is 4.15. The van der Waals surface area contributed by atoms with Crippen LogP contribution in [0, 0.1) is 0 Å². The minimum atomic E-state index is -1.04. The number of rotatable bonds is 3. The van der Waals surface area contributed by atoms with E-state index in [2.05, 4.69) is 10.2 Å². The van der Waals surface area contributed by atoms with Crippen molar-refractivity contribution in [2.45, 2.75) is 26.2 Å². The van der Waals surface area contributed by atoms with Gasteiger partial charge in [-0.25, -0.2) is 4.79 Å². The molecule has 0 saturated carbocycles. The Morgan fingerprint density at radius 3 is 2.85 bits per heavy atom. The number of H-pyrrole nitrogens is 1. The first-order valence-corrected chi connectivity index (χ1v) is 4.15. The molecular weight excluding hydrogens is 170 g/mol. The summed E-state index contributed by atoms with van der Waals surface area (Å²) in [5.41, 5.74) is 6.21. The van der Waals surface area contributed by atoms with E-state index in [0.717, 1.165) is 6.42 Å². The second kappa shape index (κ2) is 3.47. The Bertz CT molecular complexity index is 319. The van der Waals surface area contributed by atoms with Crippen molar-refractivity contribution in [1.29, 1.82) is 0 Å². The predicted molar refractivity (Wildman–Crippen MR) is 48.7 cm³/mol. The average Bonchev–Trinajstić information content (AvgIpc) is 2.46. The lowest BCUT2D eigenvalue weighted by molar-refractivity contribution is 0.0688. The molecule has 72 valence electrons. The van der Waals surface area contributed by atoms with Crippen molar-refractivity contribution in [2.75, 3.05) is 5.73 Å². The van der Waals surface area contributed by atoms with Crippen molar-refractivity contribution in [2.24, 2.45) is 0 Å². The maximum absolute atomic E-state index is 10.7. The van der Waals surface area contributed by atoms with Gasteiger partial charge in [-0.05, 0) is 12.3 Å². The van der Waals surface area contributed by atoms with E-state index in [-0.39, 0.29) is 11.6 Å². The monoisotopic (exact) mass is 183 g/mol. The number of carboxylic acid groups (broad SMARTS) is 1. The number of hydrogen-bond acceptors (Lipinski definition) is 3. The van der Waals surface area contributed by atoms with Crippen LogP contribution in [-0.4, -0.2) is 21.3 Å². The number of aromatic carboxylic acids is 1. The summed E-state index contributed by atoms with van der Waals surface area (Å²) in [6.45, 7) is 3.90. The fourth-order valence-electron chi connectivity index (χ4n) is 1.23. The average molecular weight is 183 g/mol. The molecular formula is C8H13N3O2. The van der Waals surface area contributed by atoms with E-state index < -0.39 is 5.97 Å². The van der Waals surface area contributed by atoms with Crippen LogP contribution in [0.2, 0.25) is 0 Å². The molecule has 1 unspecified atom stereocenters. The summed E-state index contributed by atoms with van der Waals surface area (Å²) in [5, 5.41) is 14.9. The molecule has 0 saturated heterocycles. The number of nitrogens with one attached hydrogen (secondary N) is 1. The molecule has 1 atom stereocenters. The molecule has 0 bridgehead atoms.